The minimum absolute atomic E-state index is 0.215. The molecule has 0 aliphatic heterocycles. The van der Waals surface area contributed by atoms with Crippen LogP contribution in [0.3, 0.4) is 0 Å². The number of methoxy groups -OCH3 is 1. The van der Waals surface area contributed by atoms with Gasteiger partial charge in [-0.1, -0.05) is 0 Å². The highest BCUT2D eigenvalue weighted by molar-refractivity contribution is 5.99. The molecule has 0 amide bonds. The van der Waals surface area contributed by atoms with Crippen molar-refractivity contribution in [1.82, 2.24) is 4.98 Å². The molecule has 0 bridgehead atoms. The zero-order valence-corrected chi connectivity index (χ0v) is 10.4. The van der Waals surface area contributed by atoms with Gasteiger partial charge >= 0.3 is 5.97 Å². The zero-order chi connectivity index (χ0) is 13.3. The van der Waals surface area contributed by atoms with Crippen molar-refractivity contribution in [2.75, 3.05) is 13.7 Å². The smallest absolute Gasteiger partial charge is 0.352 e. The van der Waals surface area contributed by atoms with Crippen LogP contribution in [0.15, 0.2) is 12.1 Å². The Bertz CT molecular complexity index is 602. The van der Waals surface area contributed by atoms with Crippen molar-refractivity contribution < 1.29 is 14.6 Å². The third kappa shape index (κ3) is 1.93. The van der Waals surface area contributed by atoms with E-state index in [0.717, 1.165) is 22.0 Å². The summed E-state index contributed by atoms with van der Waals surface area (Å²) in [7, 11) is 1.59. The first-order chi connectivity index (χ1) is 8.58. The summed E-state index contributed by atoms with van der Waals surface area (Å²) in [6.45, 7) is 2.32. The summed E-state index contributed by atoms with van der Waals surface area (Å²) in [5, 5.41) is 10.1. The molecule has 96 valence electrons. The van der Waals surface area contributed by atoms with Crippen molar-refractivity contribution >= 4 is 16.9 Å². The number of aromatic amines is 1. The summed E-state index contributed by atoms with van der Waals surface area (Å²) in [5.74, 6) is -0.248. The minimum Gasteiger partial charge on any atom is -0.497 e. The van der Waals surface area contributed by atoms with Gasteiger partial charge in [0, 0.05) is 10.9 Å². The van der Waals surface area contributed by atoms with Crippen molar-refractivity contribution in [2.24, 2.45) is 5.73 Å². The number of H-pyrrole nitrogens is 1. The lowest BCUT2D eigenvalue weighted by atomic mass is 10.0. The summed E-state index contributed by atoms with van der Waals surface area (Å²) in [5.41, 5.74) is 8.29. The van der Waals surface area contributed by atoms with E-state index in [-0.39, 0.29) is 5.69 Å². The predicted octanol–water partition coefficient (Wildman–Crippen LogP) is 1.68. The van der Waals surface area contributed by atoms with E-state index in [2.05, 4.69) is 4.98 Å². The van der Waals surface area contributed by atoms with E-state index in [4.69, 9.17) is 10.5 Å². The number of carboxylic acids is 1. The Morgan fingerprint density at radius 2 is 2.22 bits per heavy atom. The number of hydrogen-bond donors (Lipinski definition) is 3. The number of carboxylic acid groups (broad SMARTS) is 1. The Morgan fingerprint density at radius 1 is 1.50 bits per heavy atom. The van der Waals surface area contributed by atoms with Gasteiger partial charge in [-0.05, 0) is 43.1 Å². The minimum atomic E-state index is -0.965. The second-order valence-electron chi connectivity index (χ2n) is 4.19. The molecule has 0 unspecified atom stereocenters. The fourth-order valence-electron chi connectivity index (χ4n) is 2.20. The highest BCUT2D eigenvalue weighted by Gasteiger charge is 2.18. The van der Waals surface area contributed by atoms with E-state index in [1.807, 2.05) is 19.1 Å². The fraction of sp³-hybridized carbons (Fsp3) is 0.308. The molecular formula is C13H16N2O3. The molecule has 0 spiro atoms. The van der Waals surface area contributed by atoms with Crippen LogP contribution in [0.4, 0.5) is 0 Å². The average Bonchev–Trinajstić information content (AvgIpc) is 2.69. The molecule has 0 saturated heterocycles. The Labute approximate surface area is 105 Å². The second kappa shape index (κ2) is 4.70. The van der Waals surface area contributed by atoms with Crippen LogP contribution < -0.4 is 10.5 Å². The van der Waals surface area contributed by atoms with Gasteiger partial charge in [0.25, 0.3) is 0 Å². The number of ether oxygens (including phenoxy) is 1. The Hall–Kier alpha value is -2.01. The highest BCUT2D eigenvalue weighted by Crippen LogP contribution is 2.29. The molecule has 1 aromatic carbocycles. The number of aromatic carboxylic acids is 1. The van der Waals surface area contributed by atoms with Crippen LogP contribution in [0.5, 0.6) is 5.75 Å². The molecule has 0 aliphatic carbocycles. The zero-order valence-electron chi connectivity index (χ0n) is 10.4. The molecule has 0 radical (unpaired) electrons. The number of nitrogens with one attached hydrogen (secondary N) is 1. The molecular weight excluding hydrogens is 232 g/mol. The monoisotopic (exact) mass is 248 g/mol. The number of benzene rings is 1. The largest absolute Gasteiger partial charge is 0.497 e. The van der Waals surface area contributed by atoms with Gasteiger partial charge < -0.3 is 20.6 Å². The lowest BCUT2D eigenvalue weighted by Gasteiger charge is -2.04. The molecule has 0 saturated carbocycles. The predicted molar refractivity (Wildman–Crippen MR) is 69.3 cm³/mol. The molecule has 2 rings (SSSR count). The first-order valence-corrected chi connectivity index (χ1v) is 5.71. The summed E-state index contributed by atoms with van der Waals surface area (Å²) < 4.78 is 5.21. The lowest BCUT2D eigenvalue weighted by molar-refractivity contribution is 0.0690. The van der Waals surface area contributed by atoms with E-state index in [1.54, 1.807) is 7.11 Å². The quantitative estimate of drug-likeness (QED) is 0.768. The molecule has 5 heteroatoms. The molecule has 18 heavy (non-hydrogen) atoms. The van der Waals surface area contributed by atoms with Gasteiger partial charge in [-0.15, -0.1) is 0 Å². The first kappa shape index (κ1) is 12.4. The maximum atomic E-state index is 11.2. The number of nitrogens with two attached hydrogens (primary N) is 1. The maximum absolute atomic E-state index is 11.2. The number of rotatable bonds is 4. The van der Waals surface area contributed by atoms with Gasteiger partial charge in [-0.2, -0.15) is 0 Å². The Morgan fingerprint density at radius 3 is 2.78 bits per heavy atom. The van der Waals surface area contributed by atoms with Crippen molar-refractivity contribution in [2.45, 2.75) is 13.3 Å². The standard InChI is InChI=1S/C13H16N2O3/c1-7-5-8(18-2)6-10-9(3-4-14)12(13(16)17)15-11(7)10/h5-6,15H,3-4,14H2,1-2H3,(H,16,17). The number of hydrogen-bond acceptors (Lipinski definition) is 3. The van der Waals surface area contributed by atoms with Gasteiger partial charge in [0.1, 0.15) is 11.4 Å². The fourth-order valence-corrected chi connectivity index (χ4v) is 2.20. The highest BCUT2D eigenvalue weighted by atomic mass is 16.5. The van der Waals surface area contributed by atoms with E-state index in [0.29, 0.717) is 18.7 Å². The number of fused-ring (bicyclic) bond motifs is 1. The van der Waals surface area contributed by atoms with Crippen LogP contribution in [0.25, 0.3) is 10.9 Å². The normalized spacial score (nSPS) is 10.8. The van der Waals surface area contributed by atoms with Crippen LogP contribution in [-0.4, -0.2) is 29.7 Å². The van der Waals surface area contributed by atoms with E-state index in [9.17, 15) is 9.90 Å². The third-order valence-corrected chi connectivity index (χ3v) is 3.03. The SMILES string of the molecule is COc1cc(C)c2[nH]c(C(=O)O)c(CCN)c2c1. The molecule has 1 heterocycles. The van der Waals surface area contributed by atoms with Gasteiger partial charge in [0.2, 0.25) is 0 Å². The Kier molecular flexibility index (Phi) is 3.25. The Balaban J connectivity index is 2.77. The number of aromatic nitrogens is 1. The van der Waals surface area contributed by atoms with Crippen LogP contribution in [0, 0.1) is 6.92 Å². The van der Waals surface area contributed by atoms with Crippen LogP contribution >= 0.6 is 0 Å². The summed E-state index contributed by atoms with van der Waals surface area (Å²) in [4.78, 5) is 14.2. The van der Waals surface area contributed by atoms with E-state index >= 15 is 0 Å². The molecule has 0 fully saturated rings. The topological polar surface area (TPSA) is 88.3 Å². The third-order valence-electron chi connectivity index (χ3n) is 3.03. The van der Waals surface area contributed by atoms with E-state index in [1.165, 1.54) is 0 Å². The van der Waals surface area contributed by atoms with Crippen LogP contribution in [0.2, 0.25) is 0 Å². The molecule has 2 aromatic rings. The van der Waals surface area contributed by atoms with Gasteiger partial charge in [-0.25, -0.2) is 4.79 Å². The second-order valence-corrected chi connectivity index (χ2v) is 4.19. The van der Waals surface area contributed by atoms with E-state index < -0.39 is 5.97 Å². The molecule has 0 atom stereocenters. The summed E-state index contributed by atoms with van der Waals surface area (Å²) in [6.07, 6.45) is 0.522. The van der Waals surface area contributed by atoms with Crippen molar-refractivity contribution in [3.05, 3.63) is 29.0 Å². The van der Waals surface area contributed by atoms with Crippen molar-refractivity contribution in [3.63, 3.8) is 0 Å². The van der Waals surface area contributed by atoms with Gasteiger partial charge in [0.15, 0.2) is 0 Å². The molecule has 5 nitrogen and oxygen atoms in total. The number of aryl methyl sites for hydroxylation is 1. The first-order valence-electron chi connectivity index (χ1n) is 5.71. The maximum Gasteiger partial charge on any atom is 0.352 e. The summed E-state index contributed by atoms with van der Waals surface area (Å²) >= 11 is 0. The van der Waals surface area contributed by atoms with Crippen molar-refractivity contribution in [1.29, 1.82) is 0 Å². The number of carbonyl (C=O) groups is 1. The van der Waals surface area contributed by atoms with Crippen molar-refractivity contribution in [3.8, 4) is 5.75 Å². The molecule has 4 N–H and O–H groups in total. The van der Waals surface area contributed by atoms with Gasteiger partial charge in [-0.3, -0.25) is 0 Å². The average molecular weight is 248 g/mol. The molecule has 0 aliphatic rings. The lowest BCUT2D eigenvalue weighted by Crippen LogP contribution is -2.07. The summed E-state index contributed by atoms with van der Waals surface area (Å²) in [6, 6.07) is 3.72. The van der Waals surface area contributed by atoms with Crippen LogP contribution in [-0.2, 0) is 6.42 Å². The van der Waals surface area contributed by atoms with Crippen LogP contribution in [0.1, 0.15) is 21.6 Å². The molecule has 1 aromatic heterocycles. The van der Waals surface area contributed by atoms with Gasteiger partial charge in [0.05, 0.1) is 7.11 Å².